The minimum Gasteiger partial charge on any atom is -0.464 e. The number of unbranched alkanes of at least 4 members (excludes halogenated alkanes) is 16. The van der Waals surface area contributed by atoms with E-state index in [1.807, 2.05) is 6.92 Å². The van der Waals surface area contributed by atoms with E-state index in [9.17, 15) is 4.79 Å². The van der Waals surface area contributed by atoms with Crippen LogP contribution in [0.3, 0.4) is 0 Å². The fourth-order valence-electron chi connectivity index (χ4n) is 3.79. The summed E-state index contributed by atoms with van der Waals surface area (Å²) in [5, 5.41) is 0. The van der Waals surface area contributed by atoms with E-state index in [0.717, 1.165) is 25.7 Å². The van der Waals surface area contributed by atoms with Crippen LogP contribution in [0, 0.1) is 0 Å². The lowest BCUT2D eigenvalue weighted by atomic mass is 10.0. The molecule has 3 nitrogen and oxygen atoms in total. The van der Waals surface area contributed by atoms with E-state index >= 15 is 0 Å². The molecule has 0 aliphatic carbocycles. The van der Waals surface area contributed by atoms with Crippen molar-refractivity contribution in [3.05, 3.63) is 0 Å². The number of ether oxygens (including phenoxy) is 2. The van der Waals surface area contributed by atoms with Gasteiger partial charge in [0.2, 0.25) is 0 Å². The van der Waals surface area contributed by atoms with E-state index in [-0.39, 0.29) is 12.1 Å². The first-order valence-electron chi connectivity index (χ1n) is 13.0. The maximum absolute atomic E-state index is 12.2. The van der Waals surface area contributed by atoms with Crippen LogP contribution in [-0.4, -0.2) is 25.3 Å². The van der Waals surface area contributed by atoms with E-state index in [1.165, 1.54) is 96.3 Å². The summed E-state index contributed by atoms with van der Waals surface area (Å²) in [6.07, 6.45) is 23.9. The Kier molecular flexibility index (Phi) is 23.2. The Morgan fingerprint density at radius 2 is 1.00 bits per heavy atom. The van der Waals surface area contributed by atoms with Crippen LogP contribution in [0.25, 0.3) is 0 Å². The highest BCUT2D eigenvalue weighted by Crippen LogP contribution is 2.15. The van der Waals surface area contributed by atoms with Crippen LogP contribution in [0.2, 0.25) is 0 Å². The molecule has 1 atom stereocenters. The molecular weight excluding hydrogens is 360 g/mol. The largest absolute Gasteiger partial charge is 0.464 e. The molecule has 0 amide bonds. The molecule has 1 unspecified atom stereocenters. The van der Waals surface area contributed by atoms with E-state index in [0.29, 0.717) is 13.2 Å². The molecule has 0 bridgehead atoms. The summed E-state index contributed by atoms with van der Waals surface area (Å²) < 4.78 is 11.0. The van der Waals surface area contributed by atoms with Gasteiger partial charge in [-0.05, 0) is 19.8 Å². The van der Waals surface area contributed by atoms with E-state index in [1.54, 1.807) is 0 Å². The van der Waals surface area contributed by atoms with Gasteiger partial charge in [-0.1, -0.05) is 123 Å². The molecule has 0 saturated carbocycles. The summed E-state index contributed by atoms with van der Waals surface area (Å²) in [6.45, 7) is 7.54. The second-order valence-corrected chi connectivity index (χ2v) is 8.56. The summed E-state index contributed by atoms with van der Waals surface area (Å²) in [5.74, 6) is -0.155. The van der Waals surface area contributed by atoms with Gasteiger partial charge in [-0.15, -0.1) is 0 Å². The second-order valence-electron chi connectivity index (χ2n) is 8.56. The minimum atomic E-state index is -0.358. The van der Waals surface area contributed by atoms with Crippen molar-refractivity contribution in [3.63, 3.8) is 0 Å². The molecule has 3 heteroatoms. The van der Waals surface area contributed by atoms with Crippen molar-refractivity contribution in [2.45, 2.75) is 149 Å². The van der Waals surface area contributed by atoms with Crippen LogP contribution < -0.4 is 0 Å². The number of hydrogen-bond acceptors (Lipinski definition) is 3. The first-order chi connectivity index (χ1) is 14.3. The number of carbonyl (C=O) groups is 1. The molecule has 0 saturated heterocycles. The van der Waals surface area contributed by atoms with Crippen molar-refractivity contribution < 1.29 is 14.3 Å². The molecule has 0 radical (unpaired) electrons. The van der Waals surface area contributed by atoms with Crippen molar-refractivity contribution in [1.29, 1.82) is 0 Å². The van der Waals surface area contributed by atoms with Crippen molar-refractivity contribution >= 4 is 5.97 Å². The van der Waals surface area contributed by atoms with Gasteiger partial charge in [-0.2, -0.15) is 0 Å². The third kappa shape index (κ3) is 20.5. The molecule has 174 valence electrons. The average molecular weight is 413 g/mol. The van der Waals surface area contributed by atoms with Gasteiger partial charge in [-0.3, -0.25) is 0 Å². The Morgan fingerprint density at radius 1 is 0.586 bits per heavy atom. The summed E-state index contributed by atoms with van der Waals surface area (Å²) in [7, 11) is 0. The first-order valence-corrected chi connectivity index (χ1v) is 13.0. The van der Waals surface area contributed by atoms with Crippen LogP contribution in [0.5, 0.6) is 0 Å². The van der Waals surface area contributed by atoms with Crippen molar-refractivity contribution in [2.75, 3.05) is 13.2 Å². The summed E-state index contributed by atoms with van der Waals surface area (Å²) in [6, 6.07) is 0. The molecule has 0 spiro atoms. The normalized spacial score (nSPS) is 12.2. The topological polar surface area (TPSA) is 35.5 Å². The fourth-order valence-corrected chi connectivity index (χ4v) is 3.79. The smallest absolute Gasteiger partial charge is 0.335 e. The Hall–Kier alpha value is -0.570. The lowest BCUT2D eigenvalue weighted by Gasteiger charge is -2.16. The third-order valence-corrected chi connectivity index (χ3v) is 5.69. The molecule has 0 rings (SSSR count). The SMILES string of the molecule is CCCCCCCCCCCCCCCCC(OCC)C(=O)OCCCCCC. The van der Waals surface area contributed by atoms with Crippen molar-refractivity contribution in [1.82, 2.24) is 0 Å². The minimum absolute atomic E-state index is 0.155. The Balaban J connectivity index is 3.51. The van der Waals surface area contributed by atoms with Crippen LogP contribution in [0.1, 0.15) is 143 Å². The lowest BCUT2D eigenvalue weighted by Crippen LogP contribution is -2.27. The van der Waals surface area contributed by atoms with Crippen molar-refractivity contribution in [2.24, 2.45) is 0 Å². The van der Waals surface area contributed by atoms with Gasteiger partial charge < -0.3 is 9.47 Å². The zero-order valence-corrected chi connectivity index (χ0v) is 20.2. The van der Waals surface area contributed by atoms with Crippen LogP contribution >= 0.6 is 0 Å². The molecule has 0 aliphatic rings. The van der Waals surface area contributed by atoms with E-state index in [4.69, 9.17) is 9.47 Å². The maximum Gasteiger partial charge on any atom is 0.335 e. The highest BCUT2D eigenvalue weighted by Gasteiger charge is 2.19. The highest BCUT2D eigenvalue weighted by atomic mass is 16.6. The quantitative estimate of drug-likeness (QED) is 0.125. The second kappa shape index (κ2) is 23.7. The molecule has 0 fully saturated rings. The maximum atomic E-state index is 12.2. The molecule has 29 heavy (non-hydrogen) atoms. The van der Waals surface area contributed by atoms with Crippen LogP contribution in [-0.2, 0) is 14.3 Å². The molecule has 0 N–H and O–H groups in total. The zero-order chi connectivity index (χ0) is 21.4. The molecular formula is C26H52O3. The van der Waals surface area contributed by atoms with Crippen LogP contribution in [0.4, 0.5) is 0 Å². The predicted octanol–water partition coefficient (Wildman–Crippen LogP) is 8.39. The summed E-state index contributed by atoms with van der Waals surface area (Å²) in [4.78, 5) is 12.2. The number of rotatable bonds is 23. The predicted molar refractivity (Wildman–Crippen MR) is 125 cm³/mol. The van der Waals surface area contributed by atoms with E-state index in [2.05, 4.69) is 13.8 Å². The summed E-state index contributed by atoms with van der Waals surface area (Å²) in [5.41, 5.74) is 0. The highest BCUT2D eigenvalue weighted by molar-refractivity contribution is 5.74. The molecule has 0 aromatic carbocycles. The Bertz CT molecular complexity index is 330. The molecule has 0 aromatic rings. The van der Waals surface area contributed by atoms with Gasteiger partial charge in [-0.25, -0.2) is 4.79 Å². The fraction of sp³-hybridized carbons (Fsp3) is 0.962. The molecule has 0 aromatic heterocycles. The Labute approximate surface area is 182 Å². The van der Waals surface area contributed by atoms with Gasteiger partial charge in [0.05, 0.1) is 6.61 Å². The Morgan fingerprint density at radius 3 is 1.45 bits per heavy atom. The van der Waals surface area contributed by atoms with Gasteiger partial charge >= 0.3 is 5.97 Å². The van der Waals surface area contributed by atoms with Gasteiger partial charge in [0, 0.05) is 6.61 Å². The number of hydrogen-bond donors (Lipinski definition) is 0. The monoisotopic (exact) mass is 412 g/mol. The summed E-state index contributed by atoms with van der Waals surface area (Å²) >= 11 is 0. The number of esters is 1. The van der Waals surface area contributed by atoms with Crippen molar-refractivity contribution in [3.8, 4) is 0 Å². The number of carbonyl (C=O) groups excluding carboxylic acids is 1. The lowest BCUT2D eigenvalue weighted by molar-refractivity contribution is -0.157. The van der Waals surface area contributed by atoms with Crippen LogP contribution in [0.15, 0.2) is 0 Å². The van der Waals surface area contributed by atoms with E-state index < -0.39 is 0 Å². The zero-order valence-electron chi connectivity index (χ0n) is 20.2. The van der Waals surface area contributed by atoms with Gasteiger partial charge in [0.1, 0.15) is 0 Å². The molecule has 0 aliphatic heterocycles. The first kappa shape index (κ1) is 28.4. The average Bonchev–Trinajstić information content (AvgIpc) is 2.72. The van der Waals surface area contributed by atoms with Gasteiger partial charge in [0.15, 0.2) is 6.10 Å². The third-order valence-electron chi connectivity index (χ3n) is 5.69. The molecule has 0 heterocycles. The van der Waals surface area contributed by atoms with Gasteiger partial charge in [0.25, 0.3) is 0 Å². The standard InChI is InChI=1S/C26H52O3/c1-4-7-9-11-12-13-14-15-16-17-18-19-20-21-23-25(28-6-3)26(27)29-24-22-10-8-5-2/h25H,4-24H2,1-3H3.